The van der Waals surface area contributed by atoms with E-state index in [0.717, 1.165) is 31.1 Å². The van der Waals surface area contributed by atoms with E-state index in [-0.39, 0.29) is 12.2 Å². The molecule has 2 fully saturated rings. The predicted octanol–water partition coefficient (Wildman–Crippen LogP) is 6.00. The summed E-state index contributed by atoms with van der Waals surface area (Å²) in [4.78, 5) is 0. The summed E-state index contributed by atoms with van der Waals surface area (Å²) in [5, 5.41) is 5.16. The molecule has 0 amide bonds. The third-order valence-corrected chi connectivity index (χ3v) is 23.3. The van der Waals surface area contributed by atoms with E-state index in [9.17, 15) is 0 Å². The van der Waals surface area contributed by atoms with Crippen LogP contribution in [0, 0.1) is 0 Å². The van der Waals surface area contributed by atoms with Crippen LogP contribution in [0.25, 0.3) is 0 Å². The van der Waals surface area contributed by atoms with Crippen LogP contribution in [0.1, 0.15) is 54.4 Å². The molecule has 2 heterocycles. The van der Waals surface area contributed by atoms with Gasteiger partial charge in [0.1, 0.15) is 0 Å². The van der Waals surface area contributed by atoms with Crippen LogP contribution in [0.4, 0.5) is 0 Å². The van der Waals surface area contributed by atoms with Crippen molar-refractivity contribution in [3.8, 4) is 0 Å². The Kier molecular flexibility index (Phi) is 13.0. The van der Waals surface area contributed by atoms with Crippen LogP contribution < -0.4 is 31.1 Å². The van der Waals surface area contributed by atoms with E-state index < -0.39 is 51.5 Å². The second-order valence-electron chi connectivity index (χ2n) is 17.1. The van der Waals surface area contributed by atoms with Crippen molar-refractivity contribution >= 4 is 71.4 Å². The van der Waals surface area contributed by atoms with E-state index in [1.807, 2.05) is 109 Å². The number of benzene rings is 6. The molecule has 0 radical (unpaired) electrons. The minimum absolute atomic E-state index is 0.139. The van der Waals surface area contributed by atoms with Crippen LogP contribution in [0.15, 0.2) is 182 Å². The summed E-state index contributed by atoms with van der Waals surface area (Å²) in [6.07, 6.45) is 1.13. The molecule has 6 aromatic carbocycles. The van der Waals surface area contributed by atoms with E-state index >= 15 is 0 Å². The lowest BCUT2D eigenvalue weighted by Crippen LogP contribution is -2.81. The Hall–Kier alpha value is -4.22. The van der Waals surface area contributed by atoms with Gasteiger partial charge in [0, 0.05) is 12.2 Å². The van der Waals surface area contributed by atoms with Crippen LogP contribution in [0.2, 0.25) is 0 Å². The Morgan fingerprint density at radius 1 is 0.393 bits per heavy atom. The highest BCUT2D eigenvalue weighted by atomic mass is 28.5. The first-order chi connectivity index (χ1) is 29.4. The first-order valence-electron chi connectivity index (χ1n) is 21.2. The van der Waals surface area contributed by atoms with Gasteiger partial charge in [-0.15, -0.1) is 0 Å². The van der Waals surface area contributed by atoms with Gasteiger partial charge in [-0.2, -0.15) is 0 Å². The van der Waals surface area contributed by atoms with Gasteiger partial charge < -0.3 is 35.5 Å². The Morgan fingerprint density at radius 2 is 0.623 bits per heavy atom. The van der Waals surface area contributed by atoms with Crippen molar-refractivity contribution in [2.45, 2.75) is 77.8 Å². The zero-order chi connectivity index (χ0) is 42.6. The highest BCUT2D eigenvalue weighted by molar-refractivity contribution is 7.10. The number of rotatable bonds is 14. The maximum absolute atomic E-state index is 8.37. The molecule has 312 valence electrons. The van der Waals surface area contributed by atoms with E-state index in [0.29, 0.717) is 12.8 Å². The lowest BCUT2D eigenvalue weighted by Gasteiger charge is -2.48. The molecule has 0 bridgehead atoms. The summed E-state index contributed by atoms with van der Waals surface area (Å²) in [7, 11) is -14.3. The van der Waals surface area contributed by atoms with Crippen molar-refractivity contribution in [1.82, 2.24) is 0 Å². The third-order valence-electron chi connectivity index (χ3n) is 11.1. The third kappa shape index (κ3) is 9.58. The summed E-state index contributed by atoms with van der Waals surface area (Å²) in [6, 6.07) is 61.4. The molecule has 0 N–H and O–H groups in total. The van der Waals surface area contributed by atoms with Crippen molar-refractivity contribution < 1.29 is 35.5 Å². The molecular formula is C48H54B2O8Si3. The van der Waals surface area contributed by atoms with Crippen LogP contribution in [0.3, 0.4) is 0 Å². The van der Waals surface area contributed by atoms with Crippen LogP contribution in [-0.4, -0.2) is 63.7 Å². The molecule has 0 spiro atoms. The number of hydrogen-bond donors (Lipinski definition) is 0. The maximum Gasteiger partial charge on any atom is 0.631 e. The lowest BCUT2D eigenvalue weighted by atomic mass is 9.95. The van der Waals surface area contributed by atoms with E-state index in [1.165, 1.54) is 0 Å². The minimum Gasteiger partial charge on any atom is -0.402 e. The topological polar surface area (TPSA) is 73.8 Å². The van der Waals surface area contributed by atoms with Gasteiger partial charge in [-0.25, -0.2) is 0 Å². The standard InChI is InChI=1S/C48H54B2O8Si3/c1-39-37-47(3,4)53-49(51-39)55-59(41-25-13-7-14-26-41,42-27-15-8-16-28-42)57-61(45-33-21-11-22-34-45,46-35-23-12-24-36-46)58-60(43-29-17-9-18-30-43,44-31-19-10-20-32-44)56-50-52-40(2)38-48(5,6)54-50/h7-36,39-40H,37-38H2,1-6H3. The Morgan fingerprint density at radius 3 is 0.852 bits per heavy atom. The van der Waals surface area contributed by atoms with Gasteiger partial charge in [0.2, 0.25) is 0 Å². The zero-order valence-corrected chi connectivity index (χ0v) is 38.8. The molecule has 8 nitrogen and oxygen atoms in total. The molecule has 2 saturated heterocycles. The van der Waals surface area contributed by atoms with E-state index in [2.05, 4.69) is 114 Å². The van der Waals surface area contributed by atoms with Gasteiger partial charge in [-0.05, 0) is 85.5 Å². The van der Waals surface area contributed by atoms with Gasteiger partial charge in [0.05, 0.1) is 11.2 Å². The predicted molar refractivity (Wildman–Crippen MR) is 250 cm³/mol. The molecule has 2 aliphatic rings. The van der Waals surface area contributed by atoms with Gasteiger partial charge >= 0.3 is 40.3 Å². The lowest BCUT2D eigenvalue weighted by molar-refractivity contribution is -0.0562. The summed E-state index contributed by atoms with van der Waals surface area (Å²) in [5.41, 5.74) is -1.05. The summed E-state index contributed by atoms with van der Waals surface area (Å²) in [6.45, 7) is 12.4. The van der Waals surface area contributed by atoms with Crippen molar-refractivity contribution in [2.75, 3.05) is 0 Å². The average Bonchev–Trinajstić information content (AvgIpc) is 3.26. The molecular weight excluding hydrogens is 810 g/mol. The molecule has 61 heavy (non-hydrogen) atoms. The Labute approximate surface area is 365 Å². The first kappa shape index (κ1) is 43.4. The normalized spacial score (nSPS) is 19.4. The molecule has 2 aliphatic heterocycles. The molecule has 0 saturated carbocycles. The minimum atomic E-state index is -4.17. The Balaban J connectivity index is 1.44. The molecule has 13 heteroatoms. The highest BCUT2D eigenvalue weighted by Crippen LogP contribution is 2.32. The van der Waals surface area contributed by atoms with Crippen LogP contribution in [0.5, 0.6) is 0 Å². The van der Waals surface area contributed by atoms with Crippen molar-refractivity contribution in [3.05, 3.63) is 182 Å². The van der Waals surface area contributed by atoms with Gasteiger partial charge in [0.15, 0.2) is 0 Å². The van der Waals surface area contributed by atoms with E-state index in [4.69, 9.17) is 35.5 Å². The quantitative estimate of drug-likeness (QED) is 0.124. The Bertz CT molecular complexity index is 2060. The van der Waals surface area contributed by atoms with Crippen molar-refractivity contribution in [2.24, 2.45) is 0 Å². The second kappa shape index (κ2) is 18.2. The van der Waals surface area contributed by atoms with E-state index in [1.54, 1.807) is 0 Å². The summed E-state index contributed by atoms with van der Waals surface area (Å²) in [5.74, 6) is 0. The average molecular weight is 865 g/mol. The van der Waals surface area contributed by atoms with Crippen molar-refractivity contribution in [1.29, 1.82) is 0 Å². The van der Waals surface area contributed by atoms with Gasteiger partial charge in [-0.1, -0.05) is 182 Å². The monoisotopic (exact) mass is 864 g/mol. The maximum atomic E-state index is 8.37. The SMILES string of the molecule is CC1CC(C)(C)OB(O[Si](O[Si](O[Si](OB2OC(C)CC(C)(C)O2)(c2ccccc2)c2ccccc2)(c2ccccc2)c2ccccc2)(c2ccccc2)c2ccccc2)O1. The molecule has 0 aromatic heterocycles. The molecule has 0 aliphatic carbocycles. The summed E-state index contributed by atoms with van der Waals surface area (Å²) >= 11 is 0. The zero-order valence-electron chi connectivity index (χ0n) is 35.8. The van der Waals surface area contributed by atoms with Crippen LogP contribution in [-0.2, 0) is 35.5 Å². The highest BCUT2D eigenvalue weighted by Gasteiger charge is 2.62. The first-order valence-corrected chi connectivity index (χ1v) is 26.6. The molecule has 8 rings (SSSR count). The fourth-order valence-corrected chi connectivity index (χ4v) is 22.6. The fraction of sp³-hybridized carbons (Fsp3) is 0.250. The molecule has 2 atom stereocenters. The molecule has 2 unspecified atom stereocenters. The molecule has 6 aromatic rings. The van der Waals surface area contributed by atoms with Crippen LogP contribution >= 0.6 is 0 Å². The fourth-order valence-electron chi connectivity index (χ4n) is 8.57. The van der Waals surface area contributed by atoms with Gasteiger partial charge in [0.25, 0.3) is 0 Å². The number of hydrogen-bond acceptors (Lipinski definition) is 8. The van der Waals surface area contributed by atoms with Crippen molar-refractivity contribution in [3.63, 3.8) is 0 Å². The van der Waals surface area contributed by atoms with Gasteiger partial charge in [-0.3, -0.25) is 0 Å². The largest absolute Gasteiger partial charge is 0.631 e. The second-order valence-corrected chi connectivity index (χ2v) is 26.4. The summed E-state index contributed by atoms with van der Waals surface area (Å²) < 4.78 is 58.2. The smallest absolute Gasteiger partial charge is 0.402 e.